The second-order valence-corrected chi connectivity index (χ2v) is 6.69. The second-order valence-electron chi connectivity index (χ2n) is 4.10. The van der Waals surface area contributed by atoms with Gasteiger partial charge in [0.05, 0.1) is 11.5 Å². The van der Waals surface area contributed by atoms with Gasteiger partial charge in [0.2, 0.25) is 10.0 Å². The topological polar surface area (TPSA) is 79.3 Å². The standard InChI is InChI=1S/C13H13BrN2O3S/c14-12-2-1-11(9-17)7-13(12)20(18,19)16-8-10-3-5-15-6-4-10/h1-7,16-17H,8-9H2. The molecule has 5 nitrogen and oxygen atoms in total. The monoisotopic (exact) mass is 356 g/mol. The highest BCUT2D eigenvalue weighted by atomic mass is 79.9. The SMILES string of the molecule is O=S(=O)(NCc1ccncc1)c1cc(CO)ccc1Br. The Morgan fingerprint density at radius 1 is 1.15 bits per heavy atom. The smallest absolute Gasteiger partial charge is 0.242 e. The lowest BCUT2D eigenvalue weighted by Crippen LogP contribution is -2.23. The number of aliphatic hydroxyl groups excluding tert-OH is 1. The maximum Gasteiger partial charge on any atom is 0.242 e. The Hall–Kier alpha value is -1.28. The number of pyridine rings is 1. The molecule has 1 aromatic carbocycles. The summed E-state index contributed by atoms with van der Waals surface area (Å²) in [7, 11) is -3.65. The van der Waals surface area contributed by atoms with Crippen molar-refractivity contribution in [3.8, 4) is 0 Å². The van der Waals surface area contributed by atoms with Crippen LogP contribution in [0.3, 0.4) is 0 Å². The molecule has 20 heavy (non-hydrogen) atoms. The van der Waals surface area contributed by atoms with Crippen LogP contribution in [0.15, 0.2) is 52.1 Å². The lowest BCUT2D eigenvalue weighted by atomic mass is 10.2. The fourth-order valence-corrected chi connectivity index (χ4v) is 3.64. The van der Waals surface area contributed by atoms with Gasteiger partial charge in [0.25, 0.3) is 0 Å². The van der Waals surface area contributed by atoms with Crippen LogP contribution >= 0.6 is 15.9 Å². The van der Waals surface area contributed by atoms with Crippen LogP contribution in [-0.4, -0.2) is 18.5 Å². The van der Waals surface area contributed by atoms with E-state index < -0.39 is 10.0 Å². The fourth-order valence-electron chi connectivity index (χ4n) is 1.61. The van der Waals surface area contributed by atoms with E-state index >= 15 is 0 Å². The first-order valence-electron chi connectivity index (χ1n) is 5.81. The predicted octanol–water partition coefficient (Wildman–Crippen LogP) is 1.81. The summed E-state index contributed by atoms with van der Waals surface area (Å²) in [5.41, 5.74) is 1.36. The van der Waals surface area contributed by atoms with Crippen LogP contribution in [0.1, 0.15) is 11.1 Å². The molecule has 0 atom stereocenters. The van der Waals surface area contributed by atoms with Crippen LogP contribution in [0, 0.1) is 0 Å². The van der Waals surface area contributed by atoms with Crippen molar-refractivity contribution in [1.82, 2.24) is 9.71 Å². The van der Waals surface area contributed by atoms with Gasteiger partial charge in [0, 0.05) is 23.4 Å². The summed E-state index contributed by atoms with van der Waals surface area (Å²) in [6.07, 6.45) is 3.21. The van der Waals surface area contributed by atoms with Crippen molar-refractivity contribution >= 4 is 26.0 Å². The van der Waals surface area contributed by atoms with E-state index in [1.165, 1.54) is 6.07 Å². The quantitative estimate of drug-likeness (QED) is 0.856. The second kappa shape index (κ2) is 6.45. The zero-order valence-corrected chi connectivity index (χ0v) is 12.9. The van der Waals surface area contributed by atoms with Gasteiger partial charge in [0.15, 0.2) is 0 Å². The first-order chi connectivity index (χ1) is 9.53. The number of sulfonamides is 1. The van der Waals surface area contributed by atoms with Gasteiger partial charge in [-0.3, -0.25) is 4.98 Å². The molecule has 0 aliphatic rings. The van der Waals surface area contributed by atoms with Crippen LogP contribution in [0.4, 0.5) is 0 Å². The average Bonchev–Trinajstić information content (AvgIpc) is 2.47. The van der Waals surface area contributed by atoms with Gasteiger partial charge in [-0.05, 0) is 51.3 Å². The summed E-state index contributed by atoms with van der Waals surface area (Å²) in [4.78, 5) is 3.98. The Labute approximate surface area is 125 Å². The Kier molecular flexibility index (Phi) is 4.87. The highest BCUT2D eigenvalue weighted by Crippen LogP contribution is 2.23. The van der Waals surface area contributed by atoms with Gasteiger partial charge >= 0.3 is 0 Å². The van der Waals surface area contributed by atoms with E-state index in [0.717, 1.165) is 5.56 Å². The summed E-state index contributed by atoms with van der Waals surface area (Å²) >= 11 is 3.21. The normalized spacial score (nSPS) is 11.5. The molecule has 0 aliphatic heterocycles. The molecule has 0 unspecified atom stereocenters. The molecule has 0 radical (unpaired) electrons. The molecular formula is C13H13BrN2O3S. The van der Waals surface area contributed by atoms with Gasteiger partial charge in [-0.1, -0.05) is 6.07 Å². The van der Waals surface area contributed by atoms with Crippen molar-refractivity contribution in [2.75, 3.05) is 0 Å². The van der Waals surface area contributed by atoms with E-state index in [4.69, 9.17) is 5.11 Å². The van der Waals surface area contributed by atoms with Crippen LogP contribution < -0.4 is 4.72 Å². The van der Waals surface area contributed by atoms with Crippen molar-refractivity contribution < 1.29 is 13.5 Å². The van der Waals surface area contributed by atoms with Crippen molar-refractivity contribution in [3.05, 3.63) is 58.3 Å². The molecule has 0 spiro atoms. The summed E-state index contributed by atoms with van der Waals surface area (Å²) in [5, 5.41) is 9.09. The molecule has 0 amide bonds. The van der Waals surface area contributed by atoms with E-state index in [1.54, 1.807) is 36.7 Å². The lowest BCUT2D eigenvalue weighted by Gasteiger charge is -2.09. The van der Waals surface area contributed by atoms with Crippen molar-refractivity contribution in [2.24, 2.45) is 0 Å². The molecule has 0 fully saturated rings. The number of benzene rings is 1. The highest BCUT2D eigenvalue weighted by molar-refractivity contribution is 9.10. The predicted molar refractivity (Wildman–Crippen MR) is 78.3 cm³/mol. The van der Waals surface area contributed by atoms with Gasteiger partial charge in [-0.2, -0.15) is 0 Å². The average molecular weight is 357 g/mol. The molecule has 2 aromatic rings. The van der Waals surface area contributed by atoms with Crippen LogP contribution in [0.5, 0.6) is 0 Å². The number of halogens is 1. The van der Waals surface area contributed by atoms with E-state index in [9.17, 15) is 8.42 Å². The van der Waals surface area contributed by atoms with Crippen LogP contribution in [0.25, 0.3) is 0 Å². The molecule has 2 rings (SSSR count). The number of aromatic nitrogens is 1. The zero-order chi connectivity index (χ0) is 14.6. The summed E-state index contributed by atoms with van der Waals surface area (Å²) in [6, 6.07) is 8.18. The van der Waals surface area contributed by atoms with Crippen LogP contribution in [0.2, 0.25) is 0 Å². The zero-order valence-electron chi connectivity index (χ0n) is 10.5. The third-order valence-electron chi connectivity index (χ3n) is 2.68. The first-order valence-corrected chi connectivity index (χ1v) is 8.08. The largest absolute Gasteiger partial charge is 0.392 e. The Balaban J connectivity index is 2.22. The lowest BCUT2D eigenvalue weighted by molar-refractivity contribution is 0.281. The Morgan fingerprint density at radius 2 is 1.85 bits per heavy atom. The number of aliphatic hydroxyl groups is 1. The molecule has 2 N–H and O–H groups in total. The van der Waals surface area contributed by atoms with E-state index in [2.05, 4.69) is 25.6 Å². The number of nitrogens with one attached hydrogen (secondary N) is 1. The molecule has 0 saturated carbocycles. The molecule has 0 bridgehead atoms. The van der Waals surface area contributed by atoms with Crippen molar-refractivity contribution in [3.63, 3.8) is 0 Å². The molecular weight excluding hydrogens is 344 g/mol. The van der Waals surface area contributed by atoms with Gasteiger partial charge in [-0.15, -0.1) is 0 Å². The van der Waals surface area contributed by atoms with E-state index in [-0.39, 0.29) is 18.0 Å². The number of hydrogen-bond donors (Lipinski definition) is 2. The fraction of sp³-hybridized carbons (Fsp3) is 0.154. The molecule has 1 heterocycles. The Bertz CT molecular complexity index is 690. The Morgan fingerprint density at radius 3 is 2.50 bits per heavy atom. The maximum atomic E-state index is 12.3. The van der Waals surface area contributed by atoms with Gasteiger partial charge in [-0.25, -0.2) is 13.1 Å². The third kappa shape index (κ3) is 3.63. The van der Waals surface area contributed by atoms with Crippen molar-refractivity contribution in [2.45, 2.75) is 18.0 Å². The summed E-state index contributed by atoms with van der Waals surface area (Å²) in [5.74, 6) is 0. The summed E-state index contributed by atoms with van der Waals surface area (Å²) in [6.45, 7) is -0.0270. The molecule has 0 saturated heterocycles. The minimum atomic E-state index is -3.65. The first kappa shape index (κ1) is 15.1. The van der Waals surface area contributed by atoms with Gasteiger partial charge < -0.3 is 5.11 Å². The van der Waals surface area contributed by atoms with Crippen molar-refractivity contribution in [1.29, 1.82) is 0 Å². The number of rotatable bonds is 5. The van der Waals surface area contributed by atoms with E-state index in [1.807, 2.05) is 0 Å². The van der Waals surface area contributed by atoms with Gasteiger partial charge in [0.1, 0.15) is 0 Å². The summed E-state index contributed by atoms with van der Waals surface area (Å²) < 4.78 is 27.5. The van der Waals surface area contributed by atoms with Crippen LogP contribution in [-0.2, 0) is 23.2 Å². The number of nitrogens with zero attached hydrogens (tertiary/aromatic N) is 1. The molecule has 1 aromatic heterocycles. The molecule has 106 valence electrons. The highest BCUT2D eigenvalue weighted by Gasteiger charge is 2.17. The van der Waals surface area contributed by atoms with E-state index in [0.29, 0.717) is 10.0 Å². The minimum Gasteiger partial charge on any atom is -0.392 e. The molecule has 7 heteroatoms. The number of hydrogen-bond acceptors (Lipinski definition) is 4. The molecule has 0 aliphatic carbocycles. The minimum absolute atomic E-state index is 0.109. The maximum absolute atomic E-state index is 12.3. The third-order valence-corrected chi connectivity index (χ3v) is 5.08.